The smallest absolute Gasteiger partial charge is 0.475 e. The molecule has 0 radical (unpaired) electrons. The minimum Gasteiger partial charge on any atom is -0.475 e. The third-order valence-corrected chi connectivity index (χ3v) is 5.14. The van der Waals surface area contributed by atoms with Gasteiger partial charge in [-0.05, 0) is 31.0 Å². The number of anilines is 1. The highest BCUT2D eigenvalue weighted by Gasteiger charge is 2.38. The van der Waals surface area contributed by atoms with Gasteiger partial charge in [0.05, 0.1) is 17.3 Å². The van der Waals surface area contributed by atoms with Gasteiger partial charge < -0.3 is 15.1 Å². The predicted octanol–water partition coefficient (Wildman–Crippen LogP) is 3.67. The summed E-state index contributed by atoms with van der Waals surface area (Å²) >= 11 is 0. The summed E-state index contributed by atoms with van der Waals surface area (Å²) in [5, 5.41) is 23.3. The molecule has 0 atom stereocenters. The molecule has 0 unspecified atom stereocenters. The standard InChI is InChI=1S/C19H23N5.2C2HF3O2/c1-3-23(2)19-17-7-9-24(10-8-18(17)21-14-22-19)13-16-6-4-5-15(11-16)12-20;2*3-2(4,5)1(6)7/h4-6,11,14H,3,7-10,13H2,1-2H3;2*(H,6,7). The molecule has 1 aromatic heterocycles. The van der Waals surface area contributed by atoms with Crippen LogP contribution in [0.5, 0.6) is 0 Å². The molecule has 0 aliphatic carbocycles. The van der Waals surface area contributed by atoms with E-state index in [4.69, 9.17) is 25.1 Å². The Hall–Kier alpha value is -3.93. The summed E-state index contributed by atoms with van der Waals surface area (Å²) in [5.74, 6) is -4.45. The van der Waals surface area contributed by atoms with Gasteiger partial charge in [-0.15, -0.1) is 0 Å². The van der Waals surface area contributed by atoms with Gasteiger partial charge in [0.15, 0.2) is 0 Å². The fourth-order valence-corrected chi connectivity index (χ4v) is 3.19. The maximum absolute atomic E-state index is 10.6. The zero-order valence-corrected chi connectivity index (χ0v) is 20.3. The number of fused-ring (bicyclic) bond motifs is 1. The van der Waals surface area contributed by atoms with Crippen LogP contribution in [0.2, 0.25) is 0 Å². The molecular weight excluding hydrogens is 524 g/mol. The summed E-state index contributed by atoms with van der Waals surface area (Å²) in [6.45, 7) is 5.92. The largest absolute Gasteiger partial charge is 0.490 e. The average Bonchev–Trinajstić information content (AvgIpc) is 3.05. The van der Waals surface area contributed by atoms with E-state index in [-0.39, 0.29) is 0 Å². The zero-order valence-electron chi connectivity index (χ0n) is 20.3. The maximum Gasteiger partial charge on any atom is 0.490 e. The van der Waals surface area contributed by atoms with Crippen LogP contribution in [-0.2, 0) is 29.0 Å². The van der Waals surface area contributed by atoms with E-state index in [0.29, 0.717) is 0 Å². The molecule has 0 bridgehead atoms. The van der Waals surface area contributed by atoms with E-state index in [1.54, 1.807) is 6.33 Å². The Morgan fingerprint density at radius 3 is 2.11 bits per heavy atom. The number of halogens is 6. The van der Waals surface area contributed by atoms with Crippen molar-refractivity contribution in [3.63, 3.8) is 0 Å². The van der Waals surface area contributed by atoms with E-state index in [2.05, 4.69) is 45.9 Å². The van der Waals surface area contributed by atoms with Gasteiger partial charge in [-0.25, -0.2) is 19.6 Å². The Balaban J connectivity index is 0.000000426. The highest BCUT2D eigenvalue weighted by atomic mass is 19.4. The molecule has 2 N–H and O–H groups in total. The molecule has 2 heterocycles. The van der Waals surface area contributed by atoms with E-state index < -0.39 is 24.3 Å². The highest BCUT2D eigenvalue weighted by Crippen LogP contribution is 2.23. The third kappa shape index (κ3) is 10.6. The lowest BCUT2D eigenvalue weighted by Gasteiger charge is -2.21. The monoisotopic (exact) mass is 549 g/mol. The van der Waals surface area contributed by atoms with Crippen molar-refractivity contribution in [1.29, 1.82) is 5.26 Å². The molecule has 15 heteroatoms. The van der Waals surface area contributed by atoms with Crippen LogP contribution in [0.4, 0.5) is 32.2 Å². The van der Waals surface area contributed by atoms with Crippen molar-refractivity contribution in [3.8, 4) is 6.07 Å². The topological polar surface area (TPSA) is 131 Å². The maximum atomic E-state index is 10.6. The first-order chi connectivity index (χ1) is 17.6. The van der Waals surface area contributed by atoms with Crippen molar-refractivity contribution < 1.29 is 46.1 Å². The molecule has 0 saturated carbocycles. The average molecular weight is 549 g/mol. The van der Waals surface area contributed by atoms with E-state index in [1.165, 1.54) is 16.8 Å². The molecule has 1 aliphatic rings. The van der Waals surface area contributed by atoms with Gasteiger partial charge in [0, 0.05) is 45.2 Å². The first-order valence-corrected chi connectivity index (χ1v) is 11.0. The summed E-state index contributed by atoms with van der Waals surface area (Å²) in [7, 11) is 2.08. The number of hydrogen-bond donors (Lipinski definition) is 2. The minimum absolute atomic E-state index is 0.725. The van der Waals surface area contributed by atoms with Crippen LogP contribution in [0, 0.1) is 11.3 Å². The third-order valence-electron chi connectivity index (χ3n) is 5.14. The molecule has 1 aliphatic heterocycles. The number of aromatic nitrogens is 2. The first-order valence-electron chi connectivity index (χ1n) is 11.0. The zero-order chi connectivity index (χ0) is 29.1. The second-order valence-electron chi connectivity index (χ2n) is 7.83. The van der Waals surface area contributed by atoms with E-state index in [0.717, 1.165) is 50.4 Å². The fraction of sp³-hybridized carbons (Fsp3) is 0.435. The second-order valence-corrected chi connectivity index (χ2v) is 7.83. The SMILES string of the molecule is CCN(C)c1ncnc2c1CCN(Cc1cccc(C#N)c1)CC2.O=C(O)C(F)(F)F.O=C(O)C(F)(F)F. The van der Waals surface area contributed by atoms with Crippen molar-refractivity contribution in [3.05, 3.63) is 53.0 Å². The Bertz CT molecular complexity index is 1110. The van der Waals surface area contributed by atoms with E-state index in [9.17, 15) is 26.3 Å². The highest BCUT2D eigenvalue weighted by molar-refractivity contribution is 5.73. The van der Waals surface area contributed by atoms with Crippen LogP contribution in [0.25, 0.3) is 0 Å². The van der Waals surface area contributed by atoms with Crippen molar-refractivity contribution in [2.24, 2.45) is 0 Å². The lowest BCUT2D eigenvalue weighted by Crippen LogP contribution is -2.26. The molecule has 0 saturated heterocycles. The van der Waals surface area contributed by atoms with Crippen molar-refractivity contribution in [2.75, 3.05) is 31.6 Å². The van der Waals surface area contributed by atoms with Gasteiger partial charge in [0.25, 0.3) is 0 Å². The second kappa shape index (κ2) is 14.1. The minimum atomic E-state index is -5.08. The summed E-state index contributed by atoms with van der Waals surface area (Å²) in [4.78, 5) is 31.4. The van der Waals surface area contributed by atoms with Gasteiger partial charge in [0.2, 0.25) is 0 Å². The normalized spacial score (nSPS) is 13.3. The molecule has 208 valence electrons. The number of rotatable bonds is 4. The number of carbonyl (C=O) groups is 2. The number of aliphatic carboxylic acids is 2. The van der Waals surface area contributed by atoms with Crippen molar-refractivity contribution in [1.82, 2.24) is 14.9 Å². The fourth-order valence-electron chi connectivity index (χ4n) is 3.19. The Labute approximate surface area is 213 Å². The molecule has 2 aromatic rings. The van der Waals surface area contributed by atoms with Crippen LogP contribution in [-0.4, -0.2) is 76.1 Å². The number of carboxylic acids is 2. The van der Waals surface area contributed by atoms with Gasteiger partial charge in [-0.1, -0.05) is 12.1 Å². The molecule has 3 rings (SSSR count). The Kier molecular flexibility index (Phi) is 11.9. The Morgan fingerprint density at radius 2 is 1.61 bits per heavy atom. The summed E-state index contributed by atoms with van der Waals surface area (Å²) in [6, 6.07) is 10.1. The number of carboxylic acid groups (broad SMARTS) is 2. The lowest BCUT2D eigenvalue weighted by molar-refractivity contribution is -0.193. The van der Waals surface area contributed by atoms with E-state index in [1.807, 2.05) is 18.2 Å². The molecule has 38 heavy (non-hydrogen) atoms. The van der Waals surface area contributed by atoms with Gasteiger partial charge >= 0.3 is 24.3 Å². The molecular formula is C23H25F6N5O4. The van der Waals surface area contributed by atoms with Crippen LogP contribution >= 0.6 is 0 Å². The van der Waals surface area contributed by atoms with Crippen LogP contribution in [0.1, 0.15) is 29.3 Å². The number of nitriles is 1. The summed E-state index contributed by atoms with van der Waals surface area (Å²) in [6.07, 6.45) is -6.57. The number of alkyl halides is 6. The lowest BCUT2D eigenvalue weighted by atomic mass is 10.1. The number of hydrogen-bond acceptors (Lipinski definition) is 7. The summed E-state index contributed by atoms with van der Waals surface area (Å²) < 4.78 is 63.5. The Morgan fingerprint density at radius 1 is 1.05 bits per heavy atom. The van der Waals surface area contributed by atoms with E-state index >= 15 is 0 Å². The molecule has 9 nitrogen and oxygen atoms in total. The summed E-state index contributed by atoms with van der Waals surface area (Å²) in [5.41, 5.74) is 4.38. The molecule has 0 fully saturated rings. The van der Waals surface area contributed by atoms with Crippen LogP contribution < -0.4 is 4.90 Å². The van der Waals surface area contributed by atoms with Gasteiger partial charge in [-0.3, -0.25) is 4.90 Å². The van der Waals surface area contributed by atoms with Crippen LogP contribution in [0.15, 0.2) is 30.6 Å². The molecule has 0 amide bonds. The number of benzene rings is 1. The predicted molar refractivity (Wildman–Crippen MR) is 122 cm³/mol. The number of nitrogens with zero attached hydrogens (tertiary/aromatic N) is 5. The first kappa shape index (κ1) is 32.1. The van der Waals surface area contributed by atoms with Crippen molar-refractivity contribution in [2.45, 2.75) is 38.7 Å². The van der Waals surface area contributed by atoms with Gasteiger partial charge in [0.1, 0.15) is 12.1 Å². The molecule has 1 aromatic carbocycles. The molecule has 0 spiro atoms. The quantitative estimate of drug-likeness (QED) is 0.549. The van der Waals surface area contributed by atoms with Crippen molar-refractivity contribution >= 4 is 17.8 Å². The van der Waals surface area contributed by atoms with Crippen LogP contribution in [0.3, 0.4) is 0 Å². The van der Waals surface area contributed by atoms with Gasteiger partial charge in [-0.2, -0.15) is 31.6 Å².